The number of ether oxygens (including phenoxy) is 6. The van der Waals surface area contributed by atoms with E-state index in [0.717, 1.165) is 23.3 Å². The summed E-state index contributed by atoms with van der Waals surface area (Å²) in [5.41, 5.74) is 3.62. The van der Waals surface area contributed by atoms with Gasteiger partial charge in [-0.25, -0.2) is 9.59 Å². The van der Waals surface area contributed by atoms with Crippen LogP contribution in [0, 0.1) is 25.7 Å². The number of aromatic nitrogens is 3. The standard InChI is InChI=1S/C54H58F3N5O12/c1-28-42(69-3)19-33(20-43(28)70-4)50(63)46(25-61-23-39-40(54(55,56)57)13-12-37(52(65)66)48(39)59-61)73-35-11-10-30(16-35)27-72-45-22-34(21-44(71-5)29(45)2)51(64)47(74-36-17-31-8-6-7-9-32(31)18-36)26-62-24-41-49(60-62)38(53(67)68)14-15-58-41/h6-9,12-15,19-22,24,30,35-36,39,46-47,50-51,63-64H,10-11,16-18,23,25-27H2,1-5H3,(H,65,66)(H,67,68)/t30?,35?,39?,46-,47-,50+,51+/m0/s1. The summed E-state index contributed by atoms with van der Waals surface area (Å²) in [5, 5.41) is 54.4. The van der Waals surface area contributed by atoms with Crippen molar-refractivity contribution in [3.05, 3.63) is 129 Å². The molecule has 17 nitrogen and oxygen atoms in total. The van der Waals surface area contributed by atoms with Crippen molar-refractivity contribution in [3.63, 3.8) is 0 Å². The number of carbonyl (C=O) groups is 2. The Bertz CT molecular complexity index is 2980. The Labute approximate surface area is 424 Å². The Morgan fingerprint density at radius 1 is 0.784 bits per heavy atom. The van der Waals surface area contributed by atoms with Gasteiger partial charge in [0, 0.05) is 29.4 Å². The van der Waals surface area contributed by atoms with Crippen LogP contribution < -0.4 is 18.9 Å². The Morgan fingerprint density at radius 2 is 1.38 bits per heavy atom. The fourth-order valence-corrected chi connectivity index (χ4v) is 10.6. The average molecular weight is 1030 g/mol. The molecule has 1 saturated carbocycles. The van der Waals surface area contributed by atoms with Crippen molar-refractivity contribution in [2.75, 3.05) is 41.0 Å². The van der Waals surface area contributed by atoms with E-state index in [9.17, 15) is 43.2 Å². The molecule has 3 aliphatic carbocycles. The van der Waals surface area contributed by atoms with Crippen molar-refractivity contribution >= 4 is 28.7 Å². The van der Waals surface area contributed by atoms with Crippen LogP contribution >= 0.6 is 0 Å². The number of methoxy groups -OCH3 is 3. The number of fused-ring (bicyclic) bond motifs is 3. The molecule has 0 saturated heterocycles. The summed E-state index contributed by atoms with van der Waals surface area (Å²) >= 11 is 0. The van der Waals surface area contributed by atoms with Crippen LogP contribution in [0.1, 0.15) is 75.2 Å². The topological polar surface area (TPSA) is 217 Å². The minimum Gasteiger partial charge on any atom is -0.496 e. The molecule has 9 rings (SSSR count). The lowest BCUT2D eigenvalue weighted by molar-refractivity contribution is -0.132. The van der Waals surface area contributed by atoms with E-state index in [1.807, 2.05) is 19.1 Å². The molecule has 3 aromatic carbocycles. The highest BCUT2D eigenvalue weighted by atomic mass is 19.4. The number of aliphatic hydroxyl groups excluding tert-OH is 2. The smallest absolute Gasteiger partial charge is 0.413 e. The van der Waals surface area contributed by atoms with Crippen molar-refractivity contribution in [1.82, 2.24) is 19.8 Å². The summed E-state index contributed by atoms with van der Waals surface area (Å²) in [6.07, 6.45) is -2.23. The number of benzene rings is 3. The van der Waals surface area contributed by atoms with Gasteiger partial charge in [-0.1, -0.05) is 30.3 Å². The Kier molecular flexibility index (Phi) is 15.0. The molecule has 0 spiro atoms. The molecule has 0 radical (unpaired) electrons. The van der Waals surface area contributed by atoms with Gasteiger partial charge in [0.25, 0.3) is 0 Å². The third-order valence-electron chi connectivity index (χ3n) is 14.5. The second-order valence-corrected chi connectivity index (χ2v) is 19.2. The van der Waals surface area contributed by atoms with E-state index in [1.165, 1.54) is 38.6 Å². The maximum Gasteiger partial charge on any atom is 0.413 e. The largest absolute Gasteiger partial charge is 0.496 e. The third kappa shape index (κ3) is 10.8. The Hall–Kier alpha value is -7.00. The number of allylic oxidation sites excluding steroid dienone is 2. The van der Waals surface area contributed by atoms with Gasteiger partial charge in [-0.3, -0.25) is 14.7 Å². The van der Waals surface area contributed by atoms with Crippen LogP contribution in [-0.4, -0.2) is 129 Å². The van der Waals surface area contributed by atoms with E-state index in [4.69, 9.17) is 28.4 Å². The number of rotatable bonds is 20. The van der Waals surface area contributed by atoms with Crippen LogP contribution in [0.3, 0.4) is 0 Å². The Balaban J connectivity index is 0.931. The van der Waals surface area contributed by atoms with Crippen molar-refractivity contribution in [2.24, 2.45) is 16.9 Å². The molecule has 0 bridgehead atoms. The highest BCUT2D eigenvalue weighted by molar-refractivity contribution is 6.22. The zero-order valence-electron chi connectivity index (χ0n) is 41.4. The monoisotopic (exact) mass is 1030 g/mol. The minimum absolute atomic E-state index is 0.00117. The molecular weight excluding hydrogens is 968 g/mol. The first-order valence-corrected chi connectivity index (χ1v) is 24.3. The van der Waals surface area contributed by atoms with Gasteiger partial charge in [0.2, 0.25) is 0 Å². The highest BCUT2D eigenvalue weighted by Crippen LogP contribution is 2.42. The molecule has 392 valence electrons. The SMILES string of the molecule is COc1cc([C@@H](O)[C@H](CN2CC3C(C(F)(F)F)=CC=C(C(=O)O)C3=N2)OC2CCC(COc3cc([C@@H](O)[C@H](Cn4cc5nccc(C(=O)O)c5n4)OC4Cc5ccccc5C4)cc(OC)c3C)C2)cc(OC)c1C. The number of aromatic carboxylic acids is 1. The number of pyridine rings is 1. The Morgan fingerprint density at radius 3 is 1.97 bits per heavy atom. The third-order valence-corrected chi connectivity index (χ3v) is 14.5. The summed E-state index contributed by atoms with van der Waals surface area (Å²) in [7, 11) is 4.49. The van der Waals surface area contributed by atoms with Gasteiger partial charge >= 0.3 is 18.1 Å². The number of hydrogen-bond donors (Lipinski definition) is 4. The van der Waals surface area contributed by atoms with E-state index >= 15 is 0 Å². The van der Waals surface area contributed by atoms with E-state index in [1.54, 1.807) is 42.1 Å². The predicted octanol–water partition coefficient (Wildman–Crippen LogP) is 7.53. The van der Waals surface area contributed by atoms with Crippen LogP contribution in [0.2, 0.25) is 0 Å². The average Bonchev–Trinajstić information content (AvgIpc) is 4.20. The maximum absolute atomic E-state index is 14.2. The zero-order chi connectivity index (χ0) is 52.6. The number of carboxylic acid groups (broad SMARTS) is 2. The highest BCUT2D eigenvalue weighted by Gasteiger charge is 2.47. The number of aliphatic carboxylic acids is 1. The lowest BCUT2D eigenvalue weighted by Crippen LogP contribution is -2.38. The second-order valence-electron chi connectivity index (χ2n) is 19.2. The first-order valence-electron chi connectivity index (χ1n) is 24.3. The predicted molar refractivity (Wildman–Crippen MR) is 263 cm³/mol. The van der Waals surface area contributed by atoms with Gasteiger partial charge in [-0.05, 0) is 111 Å². The molecule has 74 heavy (non-hydrogen) atoms. The molecule has 3 unspecified atom stereocenters. The van der Waals surface area contributed by atoms with Crippen LogP contribution in [0.25, 0.3) is 11.0 Å². The number of alkyl halides is 3. The van der Waals surface area contributed by atoms with E-state index in [0.29, 0.717) is 82.9 Å². The van der Waals surface area contributed by atoms with Crippen LogP contribution in [-0.2, 0) is 33.7 Å². The van der Waals surface area contributed by atoms with Gasteiger partial charge in [0.1, 0.15) is 58.4 Å². The molecule has 5 aromatic rings. The number of hydrazone groups is 1. The van der Waals surface area contributed by atoms with E-state index in [-0.39, 0.29) is 60.6 Å². The minimum atomic E-state index is -4.73. The zero-order valence-corrected chi connectivity index (χ0v) is 41.4. The van der Waals surface area contributed by atoms with Gasteiger partial charge in [0.05, 0.1) is 82.2 Å². The quantitative estimate of drug-likeness (QED) is 0.0593. The number of carboxylic acids is 2. The summed E-state index contributed by atoms with van der Waals surface area (Å²) in [6, 6.07) is 16.2. The number of nitrogens with zero attached hydrogens (tertiary/aromatic N) is 5. The molecule has 0 amide bonds. The van der Waals surface area contributed by atoms with Crippen LogP contribution in [0.15, 0.2) is 95.4 Å². The molecule has 1 fully saturated rings. The lowest BCUT2D eigenvalue weighted by atomic mass is 9.85. The first kappa shape index (κ1) is 51.9. The summed E-state index contributed by atoms with van der Waals surface area (Å²) in [4.78, 5) is 28.5. The van der Waals surface area contributed by atoms with Gasteiger partial charge < -0.3 is 48.8 Å². The fourth-order valence-electron chi connectivity index (χ4n) is 10.6. The molecular formula is C54H58F3N5O12. The summed E-state index contributed by atoms with van der Waals surface area (Å²) < 4.78 is 81.2. The first-order chi connectivity index (χ1) is 35.4. The molecule has 2 aromatic heterocycles. The molecule has 4 aliphatic rings. The lowest BCUT2D eigenvalue weighted by Gasteiger charge is -2.31. The van der Waals surface area contributed by atoms with Gasteiger partial charge in [0.15, 0.2) is 0 Å². The number of hydrogen-bond acceptors (Lipinski definition) is 14. The fraction of sp³-hybridized carbons (Fsp3) is 0.426. The maximum atomic E-state index is 14.2. The number of halogens is 3. The van der Waals surface area contributed by atoms with Gasteiger partial charge in [-0.2, -0.15) is 23.4 Å². The van der Waals surface area contributed by atoms with Crippen molar-refractivity contribution in [3.8, 4) is 23.0 Å². The second kappa shape index (κ2) is 21.5. The normalized spacial score (nSPS) is 20.3. The molecule has 3 heterocycles. The van der Waals surface area contributed by atoms with E-state index in [2.05, 4.69) is 27.3 Å². The van der Waals surface area contributed by atoms with Crippen molar-refractivity contribution in [1.29, 1.82) is 0 Å². The van der Waals surface area contributed by atoms with Gasteiger partial charge in [-0.15, -0.1) is 0 Å². The van der Waals surface area contributed by atoms with Crippen molar-refractivity contribution in [2.45, 2.75) is 95.3 Å². The van der Waals surface area contributed by atoms with E-state index < -0.39 is 60.1 Å². The molecule has 4 N–H and O–H groups in total. The summed E-state index contributed by atoms with van der Waals surface area (Å²) in [6.45, 7) is 3.46. The molecule has 1 aliphatic heterocycles. The van der Waals surface area contributed by atoms with Crippen molar-refractivity contribution < 1.29 is 71.6 Å². The summed E-state index contributed by atoms with van der Waals surface area (Å²) in [5.74, 6) is -2.16. The molecule has 20 heteroatoms. The van der Waals surface area contributed by atoms with Crippen LogP contribution in [0.5, 0.6) is 23.0 Å². The molecule has 7 atom stereocenters. The number of aliphatic hydroxyl groups is 2. The van der Waals surface area contributed by atoms with Crippen LogP contribution in [0.4, 0.5) is 13.2 Å².